The SMILES string of the molecule is CCOC(=O)N1CCC(Nc2cc(NCc3cccnc3)nc(C)n2)CC1. The monoisotopic (exact) mass is 370 g/mol. The first-order chi connectivity index (χ1) is 13.1. The average molecular weight is 370 g/mol. The number of nitrogens with one attached hydrogen (secondary N) is 2. The summed E-state index contributed by atoms with van der Waals surface area (Å²) in [5.41, 5.74) is 1.09. The Morgan fingerprint density at radius 3 is 2.78 bits per heavy atom. The Morgan fingerprint density at radius 1 is 1.30 bits per heavy atom. The zero-order valence-electron chi connectivity index (χ0n) is 15.8. The van der Waals surface area contributed by atoms with Crippen LogP contribution in [0.5, 0.6) is 0 Å². The number of likely N-dealkylation sites (tertiary alicyclic amines) is 1. The lowest BCUT2D eigenvalue weighted by Gasteiger charge is -2.31. The van der Waals surface area contributed by atoms with Gasteiger partial charge in [-0.25, -0.2) is 14.8 Å². The van der Waals surface area contributed by atoms with E-state index in [0.717, 1.165) is 30.0 Å². The van der Waals surface area contributed by atoms with Crippen LogP contribution in [0.25, 0.3) is 0 Å². The fraction of sp³-hybridized carbons (Fsp3) is 0.474. The van der Waals surface area contributed by atoms with Crippen molar-refractivity contribution in [3.63, 3.8) is 0 Å². The first kappa shape index (κ1) is 18.9. The minimum atomic E-state index is -0.226. The zero-order chi connectivity index (χ0) is 19.1. The maximum absolute atomic E-state index is 11.8. The van der Waals surface area contributed by atoms with Crippen molar-refractivity contribution in [1.29, 1.82) is 0 Å². The molecule has 144 valence electrons. The van der Waals surface area contributed by atoms with Gasteiger partial charge < -0.3 is 20.3 Å². The van der Waals surface area contributed by atoms with Crippen LogP contribution in [0.2, 0.25) is 0 Å². The van der Waals surface area contributed by atoms with Gasteiger partial charge in [0, 0.05) is 44.1 Å². The van der Waals surface area contributed by atoms with Crippen molar-refractivity contribution >= 4 is 17.7 Å². The van der Waals surface area contributed by atoms with Gasteiger partial charge in [0.05, 0.1) is 6.61 Å². The molecule has 0 bridgehead atoms. The molecule has 0 atom stereocenters. The summed E-state index contributed by atoms with van der Waals surface area (Å²) in [6, 6.07) is 6.12. The van der Waals surface area contributed by atoms with Gasteiger partial charge >= 0.3 is 6.09 Å². The molecule has 3 heterocycles. The van der Waals surface area contributed by atoms with Crippen LogP contribution in [-0.2, 0) is 11.3 Å². The number of hydrogen-bond donors (Lipinski definition) is 2. The van der Waals surface area contributed by atoms with E-state index in [4.69, 9.17) is 4.74 Å². The van der Waals surface area contributed by atoms with E-state index in [1.165, 1.54) is 0 Å². The van der Waals surface area contributed by atoms with Gasteiger partial charge in [-0.1, -0.05) is 6.07 Å². The Balaban J connectivity index is 1.54. The number of carbonyl (C=O) groups excluding carboxylic acids is 1. The quantitative estimate of drug-likeness (QED) is 0.808. The molecule has 27 heavy (non-hydrogen) atoms. The highest BCUT2D eigenvalue weighted by Gasteiger charge is 2.23. The molecule has 0 unspecified atom stereocenters. The largest absolute Gasteiger partial charge is 0.450 e. The number of amides is 1. The number of carbonyl (C=O) groups is 1. The molecule has 2 N–H and O–H groups in total. The summed E-state index contributed by atoms with van der Waals surface area (Å²) in [5, 5.41) is 6.78. The Hall–Kier alpha value is -2.90. The van der Waals surface area contributed by atoms with E-state index in [1.807, 2.05) is 38.2 Å². The van der Waals surface area contributed by atoms with Crippen LogP contribution in [0.3, 0.4) is 0 Å². The number of aryl methyl sites for hydroxylation is 1. The number of hydrogen-bond acceptors (Lipinski definition) is 7. The number of pyridine rings is 1. The maximum Gasteiger partial charge on any atom is 0.409 e. The minimum Gasteiger partial charge on any atom is -0.450 e. The molecule has 0 aliphatic carbocycles. The van der Waals surface area contributed by atoms with E-state index in [9.17, 15) is 4.79 Å². The lowest BCUT2D eigenvalue weighted by molar-refractivity contribution is 0.0983. The molecule has 1 aliphatic rings. The van der Waals surface area contributed by atoms with Gasteiger partial charge in [-0.05, 0) is 38.3 Å². The topological polar surface area (TPSA) is 92.3 Å². The summed E-state index contributed by atoms with van der Waals surface area (Å²) in [4.78, 5) is 26.6. The second-order valence-corrected chi connectivity index (χ2v) is 6.51. The predicted octanol–water partition coefficient (Wildman–Crippen LogP) is 2.82. The number of anilines is 2. The van der Waals surface area contributed by atoms with E-state index < -0.39 is 0 Å². The van der Waals surface area contributed by atoms with E-state index in [1.54, 1.807) is 11.1 Å². The van der Waals surface area contributed by atoms with Gasteiger partial charge in [0.1, 0.15) is 17.5 Å². The van der Waals surface area contributed by atoms with Crippen molar-refractivity contribution in [2.24, 2.45) is 0 Å². The zero-order valence-corrected chi connectivity index (χ0v) is 15.8. The predicted molar refractivity (Wildman–Crippen MR) is 104 cm³/mol. The minimum absolute atomic E-state index is 0.226. The molecule has 0 saturated carbocycles. The number of piperidine rings is 1. The molecule has 3 rings (SSSR count). The Kier molecular flexibility index (Phi) is 6.40. The normalized spacial score (nSPS) is 14.7. The molecule has 2 aromatic rings. The van der Waals surface area contributed by atoms with E-state index in [-0.39, 0.29) is 12.1 Å². The third kappa shape index (κ3) is 5.54. The summed E-state index contributed by atoms with van der Waals surface area (Å²) < 4.78 is 5.06. The number of nitrogens with zero attached hydrogens (tertiary/aromatic N) is 4. The highest BCUT2D eigenvalue weighted by Crippen LogP contribution is 2.18. The number of aromatic nitrogens is 3. The van der Waals surface area contributed by atoms with Crippen molar-refractivity contribution < 1.29 is 9.53 Å². The first-order valence-corrected chi connectivity index (χ1v) is 9.30. The Bertz CT molecular complexity index is 747. The first-order valence-electron chi connectivity index (χ1n) is 9.30. The highest BCUT2D eigenvalue weighted by molar-refractivity contribution is 5.67. The van der Waals surface area contributed by atoms with Crippen LogP contribution in [0.1, 0.15) is 31.2 Å². The fourth-order valence-electron chi connectivity index (χ4n) is 3.06. The Morgan fingerprint density at radius 2 is 2.07 bits per heavy atom. The molecule has 8 heteroatoms. The van der Waals surface area contributed by atoms with Crippen molar-refractivity contribution in [1.82, 2.24) is 19.9 Å². The van der Waals surface area contributed by atoms with Gasteiger partial charge in [0.2, 0.25) is 0 Å². The van der Waals surface area contributed by atoms with E-state index in [0.29, 0.717) is 32.1 Å². The van der Waals surface area contributed by atoms with Gasteiger partial charge in [-0.2, -0.15) is 0 Å². The van der Waals surface area contributed by atoms with E-state index >= 15 is 0 Å². The van der Waals surface area contributed by atoms with E-state index in [2.05, 4.69) is 25.6 Å². The fourth-order valence-corrected chi connectivity index (χ4v) is 3.06. The van der Waals surface area contributed by atoms with Crippen LogP contribution < -0.4 is 10.6 Å². The maximum atomic E-state index is 11.8. The van der Waals surface area contributed by atoms with Gasteiger partial charge in [-0.15, -0.1) is 0 Å². The average Bonchev–Trinajstić information content (AvgIpc) is 2.67. The van der Waals surface area contributed by atoms with Crippen LogP contribution in [0, 0.1) is 6.92 Å². The summed E-state index contributed by atoms with van der Waals surface area (Å²) in [6.45, 7) is 6.14. The lowest BCUT2D eigenvalue weighted by Crippen LogP contribution is -2.42. The van der Waals surface area contributed by atoms with Gasteiger partial charge in [0.15, 0.2) is 0 Å². The molecule has 0 aromatic carbocycles. The lowest BCUT2D eigenvalue weighted by atomic mass is 10.1. The van der Waals surface area contributed by atoms with Crippen LogP contribution in [0.4, 0.5) is 16.4 Å². The van der Waals surface area contributed by atoms with Crippen LogP contribution in [0.15, 0.2) is 30.6 Å². The molecule has 8 nitrogen and oxygen atoms in total. The molecule has 0 spiro atoms. The third-order valence-corrected chi connectivity index (χ3v) is 4.41. The van der Waals surface area contributed by atoms with Crippen molar-refractivity contribution in [3.8, 4) is 0 Å². The van der Waals surface area contributed by atoms with Gasteiger partial charge in [-0.3, -0.25) is 4.98 Å². The summed E-state index contributed by atoms with van der Waals surface area (Å²) in [6.07, 6.45) is 5.09. The number of ether oxygens (including phenoxy) is 1. The molecule has 0 radical (unpaired) electrons. The Labute approximate surface area is 159 Å². The van der Waals surface area contributed by atoms with Crippen molar-refractivity contribution in [2.75, 3.05) is 30.3 Å². The van der Waals surface area contributed by atoms with Crippen LogP contribution >= 0.6 is 0 Å². The smallest absolute Gasteiger partial charge is 0.409 e. The number of rotatable bonds is 6. The molecule has 2 aromatic heterocycles. The molecule has 1 saturated heterocycles. The van der Waals surface area contributed by atoms with Gasteiger partial charge in [0.25, 0.3) is 0 Å². The summed E-state index contributed by atoms with van der Waals surface area (Å²) in [7, 11) is 0. The molecule has 1 amide bonds. The third-order valence-electron chi connectivity index (χ3n) is 4.41. The van der Waals surface area contributed by atoms with Crippen molar-refractivity contribution in [2.45, 2.75) is 39.3 Å². The van der Waals surface area contributed by atoms with Crippen molar-refractivity contribution in [3.05, 3.63) is 42.0 Å². The molecular weight excluding hydrogens is 344 g/mol. The van der Waals surface area contributed by atoms with Crippen LogP contribution in [-0.4, -0.2) is 51.7 Å². The highest BCUT2D eigenvalue weighted by atomic mass is 16.6. The summed E-state index contributed by atoms with van der Waals surface area (Å²) in [5.74, 6) is 2.28. The standard InChI is InChI=1S/C19H26N6O2/c1-3-27-19(26)25-9-6-16(7-10-25)24-18-11-17(22-14(2)23-18)21-13-15-5-4-8-20-12-15/h4-5,8,11-12,16H,3,6-7,9-10,13H2,1-2H3,(H2,21,22,23,24). The molecule has 1 aliphatic heterocycles. The summed E-state index contributed by atoms with van der Waals surface area (Å²) >= 11 is 0. The second kappa shape index (κ2) is 9.16. The molecule has 1 fully saturated rings. The second-order valence-electron chi connectivity index (χ2n) is 6.51. The molecular formula is C19H26N6O2.